The van der Waals surface area contributed by atoms with E-state index in [2.05, 4.69) is 24.4 Å². The van der Waals surface area contributed by atoms with Gasteiger partial charge in [-0.25, -0.2) is 0 Å². The molecule has 92 valence electrons. The molecule has 1 fully saturated rings. The molecule has 1 aromatic rings. The van der Waals surface area contributed by atoms with Crippen LogP contribution in [0.25, 0.3) is 0 Å². The summed E-state index contributed by atoms with van der Waals surface area (Å²) in [6.45, 7) is 2.81. The first kappa shape index (κ1) is 12.1. The molecule has 2 unspecified atom stereocenters. The van der Waals surface area contributed by atoms with E-state index in [0.717, 1.165) is 19.3 Å². The van der Waals surface area contributed by atoms with Gasteiger partial charge in [0.05, 0.1) is 0 Å². The maximum absolute atomic E-state index is 11.7. The highest BCUT2D eigenvalue weighted by atomic mass is 16.1. The van der Waals surface area contributed by atoms with E-state index in [4.69, 9.17) is 5.73 Å². The molecule has 1 saturated carbocycles. The average Bonchev–Trinajstić information content (AvgIpc) is 2.71. The average molecular weight is 232 g/mol. The van der Waals surface area contributed by atoms with Crippen molar-refractivity contribution in [1.82, 2.24) is 5.32 Å². The zero-order valence-electron chi connectivity index (χ0n) is 10.3. The molecule has 0 bridgehead atoms. The highest BCUT2D eigenvalue weighted by Crippen LogP contribution is 2.35. The molecule has 1 aliphatic rings. The molecule has 17 heavy (non-hydrogen) atoms. The van der Waals surface area contributed by atoms with Crippen LogP contribution >= 0.6 is 0 Å². The van der Waals surface area contributed by atoms with Crippen molar-refractivity contribution in [3.8, 4) is 0 Å². The molecule has 1 aromatic carbocycles. The fourth-order valence-corrected chi connectivity index (χ4v) is 2.75. The van der Waals surface area contributed by atoms with E-state index < -0.39 is 5.54 Å². The molecule has 0 aromatic heterocycles. The maximum atomic E-state index is 11.7. The van der Waals surface area contributed by atoms with Crippen molar-refractivity contribution in [3.63, 3.8) is 0 Å². The predicted octanol–water partition coefficient (Wildman–Crippen LogP) is 1.82. The summed E-state index contributed by atoms with van der Waals surface area (Å²) in [7, 11) is 0. The number of carbonyl (C=O) groups is 1. The Bertz CT molecular complexity index is 390. The topological polar surface area (TPSA) is 55.1 Å². The minimum Gasteiger partial charge on any atom is -0.368 e. The van der Waals surface area contributed by atoms with Gasteiger partial charge in [-0.2, -0.15) is 0 Å². The molecular weight excluding hydrogens is 212 g/mol. The van der Waals surface area contributed by atoms with E-state index in [1.165, 1.54) is 5.56 Å². The number of carbonyl (C=O) groups excluding carboxylic acids is 1. The summed E-state index contributed by atoms with van der Waals surface area (Å²) in [4.78, 5) is 11.7. The molecule has 2 rings (SSSR count). The van der Waals surface area contributed by atoms with E-state index in [0.29, 0.717) is 12.5 Å². The third-order valence-corrected chi connectivity index (χ3v) is 3.94. The Hall–Kier alpha value is -1.35. The number of primary amides is 1. The largest absolute Gasteiger partial charge is 0.368 e. The van der Waals surface area contributed by atoms with Gasteiger partial charge in [0.25, 0.3) is 0 Å². The number of hydrogen-bond acceptors (Lipinski definition) is 2. The first-order chi connectivity index (χ1) is 8.15. The van der Waals surface area contributed by atoms with Gasteiger partial charge in [0, 0.05) is 6.54 Å². The van der Waals surface area contributed by atoms with Crippen molar-refractivity contribution in [1.29, 1.82) is 0 Å². The lowest BCUT2D eigenvalue weighted by Crippen LogP contribution is -2.56. The number of nitrogens with one attached hydrogen (secondary N) is 1. The van der Waals surface area contributed by atoms with Gasteiger partial charge in [-0.1, -0.05) is 43.7 Å². The second-order valence-electron chi connectivity index (χ2n) is 4.97. The Morgan fingerprint density at radius 2 is 2.18 bits per heavy atom. The Kier molecular flexibility index (Phi) is 3.48. The van der Waals surface area contributed by atoms with Crippen LogP contribution in [-0.4, -0.2) is 11.4 Å². The number of amides is 1. The molecule has 1 amide bonds. The fourth-order valence-electron chi connectivity index (χ4n) is 2.75. The van der Waals surface area contributed by atoms with Gasteiger partial charge < -0.3 is 5.73 Å². The smallest absolute Gasteiger partial charge is 0.238 e. The highest BCUT2D eigenvalue weighted by Gasteiger charge is 2.44. The molecule has 0 radical (unpaired) electrons. The minimum atomic E-state index is -0.504. The van der Waals surface area contributed by atoms with Gasteiger partial charge >= 0.3 is 0 Å². The number of hydrogen-bond donors (Lipinski definition) is 2. The lowest BCUT2D eigenvalue weighted by Gasteiger charge is -2.31. The van der Waals surface area contributed by atoms with Crippen molar-refractivity contribution in [2.75, 3.05) is 0 Å². The standard InChI is InChI=1S/C14H20N2O/c1-11-6-5-9-14(11,13(15)17)16-10-12-7-3-2-4-8-12/h2-4,7-8,11,16H,5-6,9-10H2,1H3,(H2,15,17). The molecule has 0 heterocycles. The molecule has 1 aliphatic carbocycles. The molecule has 3 nitrogen and oxygen atoms in total. The SMILES string of the molecule is CC1CCCC1(NCc1ccccc1)C(N)=O. The van der Waals surface area contributed by atoms with Crippen molar-refractivity contribution in [3.05, 3.63) is 35.9 Å². The van der Waals surface area contributed by atoms with Gasteiger partial charge in [0.15, 0.2) is 0 Å². The van der Waals surface area contributed by atoms with E-state index in [-0.39, 0.29) is 5.91 Å². The first-order valence-electron chi connectivity index (χ1n) is 6.24. The van der Waals surface area contributed by atoms with Crippen molar-refractivity contribution in [2.45, 2.75) is 38.3 Å². The second kappa shape index (κ2) is 4.88. The Labute approximate surface area is 102 Å². The van der Waals surface area contributed by atoms with E-state index in [9.17, 15) is 4.79 Å². The van der Waals surface area contributed by atoms with Crippen LogP contribution < -0.4 is 11.1 Å². The second-order valence-corrected chi connectivity index (χ2v) is 4.97. The molecule has 2 atom stereocenters. The number of rotatable bonds is 4. The van der Waals surface area contributed by atoms with Gasteiger partial charge in [-0.05, 0) is 24.3 Å². The lowest BCUT2D eigenvalue weighted by atomic mass is 9.87. The Balaban J connectivity index is 2.07. The van der Waals surface area contributed by atoms with Crippen LogP contribution in [0.5, 0.6) is 0 Å². The van der Waals surface area contributed by atoms with Crippen molar-refractivity contribution in [2.24, 2.45) is 11.7 Å². The van der Waals surface area contributed by atoms with Crippen molar-refractivity contribution < 1.29 is 4.79 Å². The zero-order valence-corrected chi connectivity index (χ0v) is 10.3. The monoisotopic (exact) mass is 232 g/mol. The van der Waals surface area contributed by atoms with E-state index in [1.54, 1.807) is 0 Å². The Morgan fingerprint density at radius 3 is 2.71 bits per heavy atom. The van der Waals surface area contributed by atoms with Gasteiger partial charge in [-0.15, -0.1) is 0 Å². The molecular formula is C14H20N2O. The van der Waals surface area contributed by atoms with Gasteiger partial charge in [-0.3, -0.25) is 10.1 Å². The minimum absolute atomic E-state index is 0.210. The zero-order chi connectivity index (χ0) is 12.3. The third-order valence-electron chi connectivity index (χ3n) is 3.94. The Morgan fingerprint density at radius 1 is 1.47 bits per heavy atom. The fraction of sp³-hybridized carbons (Fsp3) is 0.500. The first-order valence-corrected chi connectivity index (χ1v) is 6.24. The van der Waals surface area contributed by atoms with Gasteiger partial charge in [0.1, 0.15) is 5.54 Å². The molecule has 0 spiro atoms. The summed E-state index contributed by atoms with van der Waals surface area (Å²) < 4.78 is 0. The normalized spacial score (nSPS) is 28.2. The lowest BCUT2D eigenvalue weighted by molar-refractivity contribution is -0.125. The van der Waals surface area contributed by atoms with Crippen LogP contribution in [0.1, 0.15) is 31.7 Å². The number of benzene rings is 1. The summed E-state index contributed by atoms with van der Waals surface area (Å²) in [5.74, 6) is 0.113. The molecule has 3 heteroatoms. The van der Waals surface area contributed by atoms with Gasteiger partial charge in [0.2, 0.25) is 5.91 Å². The summed E-state index contributed by atoms with van der Waals surface area (Å²) in [6, 6.07) is 10.1. The van der Waals surface area contributed by atoms with Crippen LogP contribution in [0.4, 0.5) is 0 Å². The third kappa shape index (κ3) is 2.34. The van der Waals surface area contributed by atoms with Crippen molar-refractivity contribution >= 4 is 5.91 Å². The highest BCUT2D eigenvalue weighted by molar-refractivity contribution is 5.85. The maximum Gasteiger partial charge on any atom is 0.238 e. The van der Waals surface area contributed by atoms with Crippen LogP contribution in [0.15, 0.2) is 30.3 Å². The summed E-state index contributed by atoms with van der Waals surface area (Å²) in [5, 5.41) is 3.39. The summed E-state index contributed by atoms with van der Waals surface area (Å²) >= 11 is 0. The van der Waals surface area contributed by atoms with E-state index in [1.807, 2.05) is 18.2 Å². The number of nitrogens with two attached hydrogens (primary N) is 1. The molecule has 0 saturated heterocycles. The van der Waals surface area contributed by atoms with E-state index >= 15 is 0 Å². The summed E-state index contributed by atoms with van der Waals surface area (Å²) in [5.41, 5.74) is 6.27. The summed E-state index contributed by atoms with van der Waals surface area (Å²) in [6.07, 6.45) is 3.01. The quantitative estimate of drug-likeness (QED) is 0.832. The van der Waals surface area contributed by atoms with Crippen LogP contribution in [0.2, 0.25) is 0 Å². The predicted molar refractivity (Wildman–Crippen MR) is 68.2 cm³/mol. The van der Waals surface area contributed by atoms with Crippen LogP contribution in [0.3, 0.4) is 0 Å². The molecule has 3 N–H and O–H groups in total. The van der Waals surface area contributed by atoms with Crippen LogP contribution in [0, 0.1) is 5.92 Å². The molecule has 0 aliphatic heterocycles. The van der Waals surface area contributed by atoms with Crippen LogP contribution in [-0.2, 0) is 11.3 Å².